The van der Waals surface area contributed by atoms with E-state index in [1.807, 2.05) is 43.6 Å². The molecule has 2 aromatic heterocycles. The summed E-state index contributed by atoms with van der Waals surface area (Å²) >= 11 is 1.39. The summed E-state index contributed by atoms with van der Waals surface area (Å²) in [7, 11) is -3.37. The van der Waals surface area contributed by atoms with E-state index in [4.69, 9.17) is 0 Å². The summed E-state index contributed by atoms with van der Waals surface area (Å²) in [5.74, 6) is 0.969. The van der Waals surface area contributed by atoms with Crippen LogP contribution < -0.4 is 0 Å². The van der Waals surface area contributed by atoms with Gasteiger partial charge in [0, 0.05) is 62.1 Å². The molecule has 0 radical (unpaired) electrons. The smallest absolute Gasteiger partial charge is 0.252 e. The molecule has 1 aliphatic heterocycles. The zero-order chi connectivity index (χ0) is 20.3. The van der Waals surface area contributed by atoms with Crippen LogP contribution in [-0.2, 0) is 23.0 Å². The molecular weight excluding hydrogens is 404 g/mol. The second-order valence-corrected chi connectivity index (χ2v) is 10.5. The van der Waals surface area contributed by atoms with Gasteiger partial charge in [0.1, 0.15) is 10.0 Å². The zero-order valence-corrected chi connectivity index (χ0v) is 18.2. The van der Waals surface area contributed by atoms with Gasteiger partial charge in [-0.3, -0.25) is 4.90 Å². The van der Waals surface area contributed by atoms with Crippen molar-refractivity contribution >= 4 is 21.4 Å². The van der Waals surface area contributed by atoms with Crippen molar-refractivity contribution in [1.82, 2.24) is 18.8 Å². The summed E-state index contributed by atoms with van der Waals surface area (Å²) in [5, 5.41) is 0. The van der Waals surface area contributed by atoms with Gasteiger partial charge in [0.05, 0.1) is 0 Å². The summed E-state index contributed by atoms with van der Waals surface area (Å²) in [5.41, 5.74) is 1.11. The van der Waals surface area contributed by atoms with Crippen molar-refractivity contribution in [2.45, 2.75) is 24.1 Å². The van der Waals surface area contributed by atoms with Gasteiger partial charge in [0.15, 0.2) is 0 Å². The van der Waals surface area contributed by atoms with Crippen molar-refractivity contribution in [1.29, 1.82) is 0 Å². The minimum absolute atomic E-state index is 0.466. The molecule has 0 unspecified atom stereocenters. The molecule has 29 heavy (non-hydrogen) atoms. The van der Waals surface area contributed by atoms with Gasteiger partial charge >= 0.3 is 0 Å². The minimum Gasteiger partial charge on any atom is -0.330 e. The van der Waals surface area contributed by atoms with Crippen LogP contribution in [0.15, 0.2) is 59.1 Å². The normalized spacial score (nSPS) is 16.3. The lowest BCUT2D eigenvalue weighted by molar-refractivity contribution is 0.183. The molecule has 6 nitrogen and oxygen atoms in total. The monoisotopic (exact) mass is 430 g/mol. The first kappa shape index (κ1) is 20.3. The van der Waals surface area contributed by atoms with Crippen molar-refractivity contribution in [2.24, 2.45) is 0 Å². The number of imidazole rings is 1. The molecular formula is C21H26N4O2S2. The number of sulfonamides is 1. The Hall–Kier alpha value is -2.00. The number of hydrogen-bond acceptors (Lipinski definition) is 5. The molecule has 0 saturated carbocycles. The quantitative estimate of drug-likeness (QED) is 0.578. The molecule has 8 heteroatoms. The molecule has 0 atom stereocenters. The maximum atomic E-state index is 12.9. The Kier molecular flexibility index (Phi) is 6.15. The van der Waals surface area contributed by atoms with Gasteiger partial charge in [-0.05, 0) is 18.6 Å². The van der Waals surface area contributed by atoms with E-state index in [0.29, 0.717) is 17.3 Å². The molecule has 0 bridgehead atoms. The van der Waals surface area contributed by atoms with E-state index in [2.05, 4.69) is 26.6 Å². The highest BCUT2D eigenvalue weighted by molar-refractivity contribution is 7.91. The van der Waals surface area contributed by atoms with Crippen LogP contribution in [0.25, 0.3) is 11.4 Å². The van der Waals surface area contributed by atoms with Crippen LogP contribution in [0.5, 0.6) is 0 Å². The molecule has 1 aromatic carbocycles. The molecule has 1 aliphatic rings. The highest BCUT2D eigenvalue weighted by Gasteiger charge is 2.29. The highest BCUT2D eigenvalue weighted by atomic mass is 32.2. The number of thiophene rings is 1. The van der Waals surface area contributed by atoms with E-state index < -0.39 is 10.0 Å². The Morgan fingerprint density at radius 3 is 2.45 bits per heavy atom. The molecule has 154 valence electrons. The summed E-state index contributed by atoms with van der Waals surface area (Å²) in [6.45, 7) is 6.34. The number of aryl methyl sites for hydroxylation is 1. The Labute approximate surface area is 176 Å². The van der Waals surface area contributed by atoms with Crippen LogP contribution >= 0.6 is 11.3 Å². The van der Waals surface area contributed by atoms with Crippen LogP contribution in [-0.4, -0.2) is 59.9 Å². The van der Waals surface area contributed by atoms with Gasteiger partial charge in [-0.1, -0.05) is 37.3 Å². The second kappa shape index (κ2) is 8.79. The summed E-state index contributed by atoms with van der Waals surface area (Å²) in [6, 6.07) is 13.8. The lowest BCUT2D eigenvalue weighted by Crippen LogP contribution is -2.49. The fraction of sp³-hybridized carbons (Fsp3) is 0.381. The number of rotatable bonds is 7. The third kappa shape index (κ3) is 4.45. The van der Waals surface area contributed by atoms with E-state index in [1.165, 1.54) is 11.3 Å². The van der Waals surface area contributed by atoms with Crippen LogP contribution in [0.2, 0.25) is 0 Å². The molecule has 0 amide bonds. The Morgan fingerprint density at radius 2 is 1.76 bits per heavy atom. The molecule has 4 rings (SSSR count). The Balaban J connectivity index is 1.34. The topological polar surface area (TPSA) is 58.4 Å². The van der Waals surface area contributed by atoms with E-state index in [1.54, 1.807) is 10.4 Å². The average Bonchev–Trinajstić information content (AvgIpc) is 3.43. The molecule has 0 N–H and O–H groups in total. The molecule has 0 aliphatic carbocycles. The first-order chi connectivity index (χ1) is 14.1. The van der Waals surface area contributed by atoms with E-state index in [9.17, 15) is 8.42 Å². The maximum absolute atomic E-state index is 12.9. The molecule has 3 heterocycles. The number of aromatic nitrogens is 2. The number of benzene rings is 1. The fourth-order valence-corrected chi connectivity index (χ4v) is 6.47. The molecule has 3 aromatic rings. The van der Waals surface area contributed by atoms with E-state index in [-0.39, 0.29) is 0 Å². The van der Waals surface area contributed by atoms with Crippen LogP contribution in [0, 0.1) is 0 Å². The van der Waals surface area contributed by atoms with Crippen molar-refractivity contribution in [3.05, 3.63) is 59.7 Å². The second-order valence-electron chi connectivity index (χ2n) is 7.13. The van der Waals surface area contributed by atoms with Gasteiger partial charge in [-0.15, -0.1) is 11.3 Å². The van der Waals surface area contributed by atoms with Gasteiger partial charge in [0.2, 0.25) is 0 Å². The first-order valence-electron chi connectivity index (χ1n) is 9.95. The zero-order valence-electron chi connectivity index (χ0n) is 16.6. The summed E-state index contributed by atoms with van der Waals surface area (Å²) in [6.07, 6.45) is 4.71. The van der Waals surface area contributed by atoms with Crippen molar-refractivity contribution < 1.29 is 8.42 Å². The van der Waals surface area contributed by atoms with Crippen LogP contribution in [0.3, 0.4) is 0 Å². The SMILES string of the molecule is CCc1ccc(S(=O)(=O)N2CCN(CCn3ccnc3-c3ccccc3)CC2)s1. The summed E-state index contributed by atoms with van der Waals surface area (Å²) < 4.78 is 30.0. The number of piperazine rings is 1. The molecule has 1 saturated heterocycles. The minimum atomic E-state index is -3.37. The number of nitrogens with zero attached hydrogens (tertiary/aromatic N) is 4. The van der Waals surface area contributed by atoms with Gasteiger partial charge in [-0.25, -0.2) is 13.4 Å². The fourth-order valence-electron chi connectivity index (χ4n) is 3.59. The van der Waals surface area contributed by atoms with Crippen molar-refractivity contribution in [2.75, 3.05) is 32.7 Å². The highest BCUT2D eigenvalue weighted by Crippen LogP contribution is 2.26. The van der Waals surface area contributed by atoms with Crippen LogP contribution in [0.4, 0.5) is 0 Å². The maximum Gasteiger partial charge on any atom is 0.252 e. The lowest BCUT2D eigenvalue weighted by atomic mass is 10.2. The van der Waals surface area contributed by atoms with Gasteiger partial charge in [-0.2, -0.15) is 4.31 Å². The number of hydrogen-bond donors (Lipinski definition) is 0. The van der Waals surface area contributed by atoms with E-state index >= 15 is 0 Å². The van der Waals surface area contributed by atoms with E-state index in [0.717, 1.165) is 48.9 Å². The average molecular weight is 431 g/mol. The Morgan fingerprint density at radius 1 is 1.00 bits per heavy atom. The summed E-state index contributed by atoms with van der Waals surface area (Å²) in [4.78, 5) is 7.93. The van der Waals surface area contributed by atoms with Gasteiger partial charge in [0.25, 0.3) is 10.0 Å². The standard InChI is InChI=1S/C21H26N4O2S2/c1-2-19-8-9-20(28-19)29(26,27)25-16-13-23(14-17-25)12-15-24-11-10-22-21(24)18-6-4-3-5-7-18/h3-11H,2,12-17H2,1H3. The van der Waals surface area contributed by atoms with Crippen molar-refractivity contribution in [3.63, 3.8) is 0 Å². The predicted molar refractivity (Wildman–Crippen MR) is 117 cm³/mol. The third-order valence-electron chi connectivity index (χ3n) is 5.32. The third-order valence-corrected chi connectivity index (χ3v) is 8.91. The van der Waals surface area contributed by atoms with Crippen LogP contribution in [0.1, 0.15) is 11.8 Å². The lowest BCUT2D eigenvalue weighted by Gasteiger charge is -2.33. The molecule has 1 fully saturated rings. The Bertz CT molecular complexity index is 1040. The van der Waals surface area contributed by atoms with Gasteiger partial charge < -0.3 is 4.57 Å². The largest absolute Gasteiger partial charge is 0.330 e. The first-order valence-corrected chi connectivity index (χ1v) is 12.2. The molecule has 0 spiro atoms. The predicted octanol–water partition coefficient (Wildman–Crippen LogP) is 3.18. The van der Waals surface area contributed by atoms with Crippen molar-refractivity contribution in [3.8, 4) is 11.4 Å².